The fraction of sp³-hybridized carbons (Fsp3) is 0.341. The molecule has 0 N–H and O–H groups in total. The van der Waals surface area contributed by atoms with Gasteiger partial charge < -0.3 is 19.9 Å². The predicted molar refractivity (Wildman–Crippen MR) is 209 cm³/mol. The Morgan fingerprint density at radius 3 is 1.33 bits per heavy atom. The standard InChI is InChI=1S/C29H41N2.C12H10B2O3.Al/c1-18(2)24-13-11-14-25(19(3)4)28(24)30-22(9)17-23(10)31-29-26(20(5)6)15-12-16-27(29)21(7)8;15-13(11-7-3-1-4-8-11)17-14(16)12-9-5-2-6-10-12;/h11-21H,1-10H3;1-10H;/q-1;-2;+3/b22-17+,31-23?;;. The first-order valence-corrected chi connectivity index (χ1v) is 17.1. The molecule has 0 saturated heterocycles. The quantitative estimate of drug-likeness (QED) is 0.113. The number of allylic oxidation sites excluding steroid dienone is 2. The Morgan fingerprint density at radius 1 is 0.592 bits per heavy atom. The molecule has 49 heavy (non-hydrogen) atoms. The van der Waals surface area contributed by atoms with E-state index in [9.17, 15) is 10.0 Å². The van der Waals surface area contributed by atoms with Crippen LogP contribution >= 0.6 is 0 Å². The number of hydrogen-bond acceptors (Lipinski definition) is 4. The second kappa shape index (κ2) is 20.3. The molecule has 4 aromatic rings. The summed E-state index contributed by atoms with van der Waals surface area (Å²) in [5, 5.41) is 28.5. The van der Waals surface area contributed by atoms with E-state index in [-0.39, 0.29) is 17.4 Å². The first-order chi connectivity index (χ1) is 22.8. The van der Waals surface area contributed by atoms with Gasteiger partial charge in [-0.05, 0) is 41.7 Å². The molecule has 0 unspecified atom stereocenters. The van der Waals surface area contributed by atoms with Crippen molar-refractivity contribution in [3.63, 3.8) is 0 Å². The van der Waals surface area contributed by atoms with Gasteiger partial charge >= 0.3 is 17.4 Å². The number of hydrogen-bond donors (Lipinski definition) is 0. The van der Waals surface area contributed by atoms with Gasteiger partial charge in [-0.3, -0.25) is 4.99 Å². The van der Waals surface area contributed by atoms with E-state index in [1.54, 1.807) is 48.5 Å². The van der Waals surface area contributed by atoms with Gasteiger partial charge in [0.15, 0.2) is 14.2 Å². The van der Waals surface area contributed by atoms with Crippen LogP contribution in [0.1, 0.15) is 115 Å². The van der Waals surface area contributed by atoms with Crippen LogP contribution in [-0.2, 0) is 4.57 Å². The molecule has 0 bridgehead atoms. The van der Waals surface area contributed by atoms with Crippen LogP contribution in [-0.4, -0.2) is 37.3 Å². The van der Waals surface area contributed by atoms with Crippen molar-refractivity contribution in [3.05, 3.63) is 136 Å². The van der Waals surface area contributed by atoms with Gasteiger partial charge in [-0.1, -0.05) is 188 Å². The van der Waals surface area contributed by atoms with E-state index in [0.29, 0.717) is 34.6 Å². The van der Waals surface area contributed by atoms with Crippen molar-refractivity contribution in [2.24, 2.45) is 4.99 Å². The maximum absolute atomic E-state index is 11.7. The minimum absolute atomic E-state index is 0. The van der Waals surface area contributed by atoms with E-state index in [0.717, 1.165) is 22.8 Å². The second-order valence-corrected chi connectivity index (χ2v) is 13.5. The maximum Gasteiger partial charge on any atom is 3.00 e. The summed E-state index contributed by atoms with van der Waals surface area (Å²) in [5.41, 5.74) is 10.4. The van der Waals surface area contributed by atoms with Crippen molar-refractivity contribution in [1.29, 1.82) is 0 Å². The van der Waals surface area contributed by atoms with E-state index in [1.165, 1.54) is 22.3 Å². The molecule has 5 nitrogen and oxygen atoms in total. The Kier molecular flexibility index (Phi) is 17.4. The topological polar surface area (TPSA) is 81.8 Å². The molecule has 0 aromatic heterocycles. The monoisotopic (exact) mass is 668 g/mol. The zero-order valence-corrected chi connectivity index (χ0v) is 32.1. The summed E-state index contributed by atoms with van der Waals surface area (Å²) in [6.45, 7) is 22.1. The van der Waals surface area contributed by atoms with E-state index in [4.69, 9.17) is 14.9 Å². The Morgan fingerprint density at radius 2 is 0.959 bits per heavy atom. The largest absolute Gasteiger partial charge is 3.00 e. The number of para-hydroxylation sites is 2. The molecule has 0 aliphatic rings. The summed E-state index contributed by atoms with van der Waals surface area (Å²) in [5.74, 6) is 1.75. The summed E-state index contributed by atoms with van der Waals surface area (Å²) < 4.78 is 4.91. The smallest absolute Gasteiger partial charge is 0.854 e. The Labute approximate surface area is 307 Å². The summed E-state index contributed by atoms with van der Waals surface area (Å²) >= 11 is 0. The zero-order valence-electron chi connectivity index (χ0n) is 31.0. The van der Waals surface area contributed by atoms with Crippen LogP contribution in [0, 0.1) is 0 Å². The summed E-state index contributed by atoms with van der Waals surface area (Å²) in [4.78, 5) is 5.08. The minimum atomic E-state index is -1.45. The first-order valence-electron chi connectivity index (χ1n) is 17.1. The molecule has 0 heterocycles. The van der Waals surface area contributed by atoms with Crippen molar-refractivity contribution in [2.45, 2.75) is 92.9 Å². The zero-order chi connectivity index (χ0) is 35.4. The molecule has 4 aromatic carbocycles. The molecule has 0 aliphatic carbocycles. The van der Waals surface area contributed by atoms with Crippen LogP contribution in [0.15, 0.2) is 114 Å². The van der Waals surface area contributed by atoms with Crippen LogP contribution in [0.5, 0.6) is 0 Å². The van der Waals surface area contributed by atoms with Gasteiger partial charge in [0.1, 0.15) is 0 Å². The predicted octanol–water partition coefficient (Wildman–Crippen LogP) is 8.02. The Balaban J connectivity index is 0.000000390. The van der Waals surface area contributed by atoms with Crippen LogP contribution in [0.25, 0.3) is 5.32 Å². The van der Waals surface area contributed by atoms with Crippen LogP contribution in [0.4, 0.5) is 11.4 Å². The molecule has 8 heteroatoms. The van der Waals surface area contributed by atoms with Crippen molar-refractivity contribution >= 4 is 59.6 Å². The normalized spacial score (nSPS) is 11.8. The van der Waals surface area contributed by atoms with E-state index in [2.05, 4.69) is 112 Å². The minimum Gasteiger partial charge on any atom is -0.854 e. The van der Waals surface area contributed by atoms with Crippen LogP contribution in [0.2, 0.25) is 0 Å². The number of benzene rings is 4. The number of nitrogens with zero attached hydrogens (tertiary/aromatic N) is 2. The molecule has 0 fully saturated rings. The maximum atomic E-state index is 11.7. The Hall–Kier alpha value is -3.37. The Bertz CT molecular complexity index is 1550. The molecule has 0 atom stereocenters. The molecule has 4 rings (SSSR count). The third-order valence-corrected chi connectivity index (χ3v) is 8.07. The van der Waals surface area contributed by atoms with Gasteiger partial charge in [-0.25, -0.2) is 0 Å². The molecule has 0 aliphatic heterocycles. The molecule has 0 spiro atoms. The molecular formula is C41H51AlB2N2O3. The molecular weight excluding hydrogens is 617 g/mol. The average molecular weight is 668 g/mol. The third-order valence-electron chi connectivity index (χ3n) is 8.07. The fourth-order valence-electron chi connectivity index (χ4n) is 5.49. The summed E-state index contributed by atoms with van der Waals surface area (Å²) in [7, 11) is -2.89. The molecule has 252 valence electrons. The van der Waals surface area contributed by atoms with E-state index in [1.807, 2.05) is 12.1 Å². The van der Waals surface area contributed by atoms with Gasteiger partial charge in [0, 0.05) is 5.71 Å². The molecule has 0 amide bonds. The van der Waals surface area contributed by atoms with Crippen LogP contribution in [0.3, 0.4) is 0 Å². The van der Waals surface area contributed by atoms with Crippen molar-refractivity contribution in [3.8, 4) is 0 Å². The molecule has 0 radical (unpaired) electrons. The van der Waals surface area contributed by atoms with Gasteiger partial charge in [0.05, 0.1) is 5.69 Å². The van der Waals surface area contributed by atoms with E-state index < -0.39 is 14.2 Å². The second-order valence-electron chi connectivity index (χ2n) is 13.5. The fourth-order valence-corrected chi connectivity index (χ4v) is 5.49. The number of rotatable bonds is 12. The van der Waals surface area contributed by atoms with Gasteiger partial charge in [0.25, 0.3) is 0 Å². The molecule has 0 saturated carbocycles. The number of aliphatic imine (C=N–C) groups is 1. The SMILES string of the molecule is CC(/C=C(\C)[N-]c1c(C(C)C)cccc1C(C)C)=Nc1c(C(C)C)cccc1C(C)C.[Al+3].[O-]B(OB([O-])c1ccccc1)c1ccccc1. The van der Waals surface area contributed by atoms with Crippen molar-refractivity contribution < 1.29 is 14.6 Å². The van der Waals surface area contributed by atoms with Crippen LogP contribution < -0.4 is 21.0 Å². The van der Waals surface area contributed by atoms with Crippen molar-refractivity contribution in [2.75, 3.05) is 0 Å². The van der Waals surface area contributed by atoms with Crippen molar-refractivity contribution in [1.82, 2.24) is 0 Å². The van der Waals surface area contributed by atoms with E-state index >= 15 is 0 Å². The first kappa shape index (κ1) is 41.8. The van der Waals surface area contributed by atoms with Gasteiger partial charge in [0.2, 0.25) is 0 Å². The van der Waals surface area contributed by atoms with Gasteiger partial charge in [-0.2, -0.15) is 5.70 Å². The summed E-state index contributed by atoms with van der Waals surface area (Å²) in [6, 6.07) is 30.3. The van der Waals surface area contributed by atoms with Gasteiger partial charge in [-0.15, -0.1) is 5.69 Å². The average Bonchev–Trinajstić information content (AvgIpc) is 3.05. The summed E-state index contributed by atoms with van der Waals surface area (Å²) in [6.07, 6.45) is 2.11. The third kappa shape index (κ3) is 12.5.